The van der Waals surface area contributed by atoms with Gasteiger partial charge in [0.05, 0.1) is 0 Å². The van der Waals surface area contributed by atoms with E-state index in [1.54, 1.807) is 0 Å². The van der Waals surface area contributed by atoms with Crippen molar-refractivity contribution in [1.82, 2.24) is 0 Å². The lowest BCUT2D eigenvalue weighted by molar-refractivity contribution is -0.276. The fraction of sp³-hybridized carbons (Fsp3) is 0.440. The van der Waals surface area contributed by atoms with Gasteiger partial charge in [0.25, 0.3) is 0 Å². The highest BCUT2D eigenvalue weighted by Crippen LogP contribution is 2.55. The predicted molar refractivity (Wildman–Crippen MR) is 109 cm³/mol. The van der Waals surface area contributed by atoms with Gasteiger partial charge in [0.1, 0.15) is 11.6 Å². The number of allylic oxidation sites excluding steroid dienone is 2. The van der Waals surface area contributed by atoms with E-state index in [0.29, 0.717) is 36.8 Å². The van der Waals surface area contributed by atoms with Gasteiger partial charge >= 0.3 is 6.36 Å². The van der Waals surface area contributed by atoms with E-state index in [0.717, 1.165) is 24.6 Å². The third-order valence-corrected chi connectivity index (χ3v) is 6.81. The largest absolute Gasteiger partial charge is 0.573 e. The van der Waals surface area contributed by atoms with Crippen molar-refractivity contribution >= 4 is 0 Å². The topological polar surface area (TPSA) is 9.23 Å². The lowest BCUT2D eigenvalue weighted by atomic mass is 9.58. The van der Waals surface area contributed by atoms with Crippen molar-refractivity contribution in [1.29, 1.82) is 0 Å². The number of benzene rings is 2. The second kappa shape index (κ2) is 9.03. The molecule has 0 unspecified atom stereocenters. The molecule has 0 aliphatic heterocycles. The van der Waals surface area contributed by atoms with E-state index in [-0.39, 0.29) is 23.3 Å². The zero-order chi connectivity index (χ0) is 23.9. The minimum Gasteiger partial charge on any atom is -0.399 e. The molecule has 1 saturated carbocycles. The summed E-state index contributed by atoms with van der Waals surface area (Å²) >= 11 is 0. The van der Waals surface area contributed by atoms with Gasteiger partial charge in [0.2, 0.25) is 5.75 Å². The Morgan fingerprint density at radius 3 is 2.27 bits per heavy atom. The van der Waals surface area contributed by atoms with Crippen LogP contribution in [0.1, 0.15) is 61.1 Å². The zero-order valence-corrected chi connectivity index (χ0v) is 17.9. The Bertz CT molecular complexity index is 1040. The summed E-state index contributed by atoms with van der Waals surface area (Å²) in [6.07, 6.45) is 1.57. The van der Waals surface area contributed by atoms with Crippen molar-refractivity contribution in [2.45, 2.75) is 57.2 Å². The first-order valence-corrected chi connectivity index (χ1v) is 11.0. The van der Waals surface area contributed by atoms with Crippen LogP contribution in [0.4, 0.5) is 30.7 Å². The van der Waals surface area contributed by atoms with Gasteiger partial charge in [-0.1, -0.05) is 19.1 Å². The van der Waals surface area contributed by atoms with Gasteiger partial charge in [-0.15, -0.1) is 13.2 Å². The maximum absolute atomic E-state index is 14.6. The number of hydrogen-bond acceptors (Lipinski definition) is 1. The molecule has 2 aromatic carbocycles. The Morgan fingerprint density at radius 1 is 0.939 bits per heavy atom. The number of fused-ring (bicyclic) bond motifs is 3. The van der Waals surface area contributed by atoms with E-state index in [9.17, 15) is 30.7 Å². The first-order chi connectivity index (χ1) is 15.6. The Kier molecular flexibility index (Phi) is 6.47. The van der Waals surface area contributed by atoms with Crippen LogP contribution in [0.3, 0.4) is 0 Å². The van der Waals surface area contributed by atoms with E-state index in [2.05, 4.69) is 4.74 Å². The van der Waals surface area contributed by atoms with Gasteiger partial charge in [0.15, 0.2) is 11.6 Å². The van der Waals surface area contributed by atoms with Gasteiger partial charge < -0.3 is 4.74 Å². The molecular formula is C25H23F7O. The predicted octanol–water partition coefficient (Wildman–Crippen LogP) is 7.95. The Labute approximate surface area is 187 Å². The molecule has 2 aliphatic rings. The Morgan fingerprint density at radius 2 is 1.64 bits per heavy atom. The summed E-state index contributed by atoms with van der Waals surface area (Å²) < 4.78 is 98.7. The molecule has 1 nitrogen and oxygen atoms in total. The summed E-state index contributed by atoms with van der Waals surface area (Å²) in [6, 6.07) is 3.98. The molecule has 0 heterocycles. The smallest absolute Gasteiger partial charge is 0.399 e. The molecule has 0 radical (unpaired) electrons. The van der Waals surface area contributed by atoms with E-state index in [1.165, 1.54) is 6.07 Å². The molecule has 0 saturated heterocycles. The molecule has 0 aromatic heterocycles. The molecule has 33 heavy (non-hydrogen) atoms. The summed E-state index contributed by atoms with van der Waals surface area (Å²) in [5, 5.41) is 0. The van der Waals surface area contributed by atoms with Crippen LogP contribution in [0, 0.1) is 35.1 Å². The summed E-state index contributed by atoms with van der Waals surface area (Å²) in [6.45, 7) is 1.95. The highest BCUT2D eigenvalue weighted by atomic mass is 19.4. The fourth-order valence-electron chi connectivity index (χ4n) is 5.64. The highest BCUT2D eigenvalue weighted by molar-refractivity contribution is 5.40. The van der Waals surface area contributed by atoms with Gasteiger partial charge in [-0.05, 0) is 90.7 Å². The number of rotatable bonds is 4. The minimum atomic E-state index is -5.23. The van der Waals surface area contributed by atoms with Crippen LogP contribution in [0.25, 0.3) is 0 Å². The third kappa shape index (κ3) is 4.75. The zero-order valence-electron chi connectivity index (χ0n) is 17.9. The maximum Gasteiger partial charge on any atom is 0.573 e. The van der Waals surface area contributed by atoms with Gasteiger partial charge in [0, 0.05) is 6.07 Å². The first kappa shape index (κ1) is 23.6. The van der Waals surface area contributed by atoms with Gasteiger partial charge in [-0.25, -0.2) is 17.6 Å². The van der Waals surface area contributed by atoms with Crippen LogP contribution in [0.5, 0.6) is 5.75 Å². The molecule has 0 spiro atoms. The Balaban J connectivity index is 1.77. The third-order valence-electron chi connectivity index (χ3n) is 6.81. The maximum atomic E-state index is 14.6. The van der Waals surface area contributed by atoms with Crippen molar-refractivity contribution in [3.8, 4) is 5.75 Å². The molecule has 8 heteroatoms. The second-order valence-electron chi connectivity index (χ2n) is 8.73. The molecule has 2 aromatic rings. The normalized spacial score (nSPS) is 25.1. The summed E-state index contributed by atoms with van der Waals surface area (Å²) in [5.74, 6) is -6.56. The van der Waals surface area contributed by atoms with Crippen LogP contribution >= 0.6 is 0 Å². The van der Waals surface area contributed by atoms with Crippen LogP contribution in [0.15, 0.2) is 36.4 Å². The standard InChI is InChI=1S/C25H23F7O/c1-2-3-4-13-5-6-16-18(8-7-17-19(16)11-15(26)12-20(17)27)23(13)14-9-21(28)24(22(29)10-14)33-25(30,31)32/h3-4,9-13,16,18,23H,2,5-8H2,1H3/t13-,16-,18+,23-/m1/s1. The van der Waals surface area contributed by atoms with E-state index in [1.807, 2.05) is 19.1 Å². The molecule has 0 amide bonds. The number of ether oxygens (including phenoxy) is 1. The number of hydrogen-bond donors (Lipinski definition) is 0. The summed E-state index contributed by atoms with van der Waals surface area (Å²) in [5.41, 5.74) is 1.26. The van der Waals surface area contributed by atoms with Crippen molar-refractivity contribution in [3.63, 3.8) is 0 Å². The lowest BCUT2D eigenvalue weighted by Gasteiger charge is -2.46. The average Bonchev–Trinajstić information content (AvgIpc) is 2.73. The van der Waals surface area contributed by atoms with Crippen LogP contribution < -0.4 is 4.74 Å². The molecule has 178 valence electrons. The van der Waals surface area contributed by atoms with Crippen LogP contribution in [-0.4, -0.2) is 6.36 Å². The molecule has 4 rings (SSSR count). The quantitative estimate of drug-likeness (QED) is 0.324. The molecule has 4 atom stereocenters. The first-order valence-electron chi connectivity index (χ1n) is 11.0. The monoisotopic (exact) mass is 472 g/mol. The molecule has 0 bridgehead atoms. The minimum absolute atomic E-state index is 0.112. The van der Waals surface area contributed by atoms with Gasteiger partial charge in [-0.3, -0.25) is 0 Å². The number of halogens is 7. The average molecular weight is 472 g/mol. The van der Waals surface area contributed by atoms with Gasteiger partial charge in [-0.2, -0.15) is 0 Å². The Hall–Kier alpha value is -2.51. The van der Waals surface area contributed by atoms with E-state index < -0.39 is 41.3 Å². The van der Waals surface area contributed by atoms with Crippen LogP contribution in [0.2, 0.25) is 0 Å². The molecular weight excluding hydrogens is 449 g/mol. The second-order valence-corrected chi connectivity index (χ2v) is 8.73. The van der Waals surface area contributed by atoms with E-state index >= 15 is 0 Å². The van der Waals surface area contributed by atoms with Crippen molar-refractivity contribution in [2.24, 2.45) is 11.8 Å². The van der Waals surface area contributed by atoms with Crippen LogP contribution in [-0.2, 0) is 6.42 Å². The highest BCUT2D eigenvalue weighted by Gasteiger charge is 2.44. The van der Waals surface area contributed by atoms with Crippen molar-refractivity contribution in [3.05, 3.63) is 76.4 Å². The number of alkyl halides is 3. The molecule has 2 aliphatic carbocycles. The summed E-state index contributed by atoms with van der Waals surface area (Å²) in [7, 11) is 0. The van der Waals surface area contributed by atoms with Crippen molar-refractivity contribution < 1.29 is 35.5 Å². The SMILES string of the molecule is CCC=C[C@@H]1CC[C@H]2c3cc(F)cc(F)c3CC[C@@H]2[C@H]1c1cc(F)c(OC(F)(F)F)c(F)c1. The van der Waals surface area contributed by atoms with E-state index in [4.69, 9.17) is 0 Å². The lowest BCUT2D eigenvalue weighted by Crippen LogP contribution is -2.35. The van der Waals surface area contributed by atoms with Crippen molar-refractivity contribution in [2.75, 3.05) is 0 Å². The summed E-state index contributed by atoms with van der Waals surface area (Å²) in [4.78, 5) is 0. The molecule has 1 fully saturated rings. The molecule has 0 N–H and O–H groups in total. The fourth-order valence-corrected chi connectivity index (χ4v) is 5.64.